The number of rotatable bonds is 2. The van der Waals surface area contributed by atoms with Crippen LogP contribution >= 0.6 is 0 Å². The molecule has 5 heteroatoms. The third-order valence-electron chi connectivity index (χ3n) is 2.28. The molecular weight excluding hydrogens is 193 g/mol. The molecule has 2 radical (unpaired) electrons. The smallest absolute Gasteiger partial charge is 0.258 e. The molecule has 1 aromatic carbocycles. The summed E-state index contributed by atoms with van der Waals surface area (Å²) in [6, 6.07) is 1.43. The molecular formula is C10H10BNO3. The maximum atomic E-state index is 11.4. The Bertz CT molecular complexity index is 429. The number of carbonyl (C=O) groups excluding carboxylic acids is 2. The number of imide groups is 1. The van der Waals surface area contributed by atoms with Crippen molar-refractivity contribution in [2.24, 2.45) is 0 Å². The zero-order valence-electron chi connectivity index (χ0n) is 8.50. The SMILES string of the molecule is [B]c1cc(C(=O)NC=O)c(C)c(O)c1C. The van der Waals surface area contributed by atoms with Gasteiger partial charge in [0.1, 0.15) is 13.6 Å². The first-order valence-corrected chi connectivity index (χ1v) is 4.32. The highest BCUT2D eigenvalue weighted by Gasteiger charge is 2.14. The van der Waals surface area contributed by atoms with Gasteiger partial charge in [0, 0.05) is 11.1 Å². The van der Waals surface area contributed by atoms with Crippen molar-refractivity contribution in [3.05, 3.63) is 22.8 Å². The minimum Gasteiger partial charge on any atom is -0.507 e. The van der Waals surface area contributed by atoms with Crippen LogP contribution in [0.5, 0.6) is 5.75 Å². The number of phenols is 1. The Hall–Kier alpha value is -1.78. The van der Waals surface area contributed by atoms with Crippen LogP contribution in [0.3, 0.4) is 0 Å². The van der Waals surface area contributed by atoms with Crippen molar-refractivity contribution in [3.63, 3.8) is 0 Å². The van der Waals surface area contributed by atoms with Crippen LogP contribution in [0.25, 0.3) is 0 Å². The van der Waals surface area contributed by atoms with E-state index in [9.17, 15) is 14.7 Å². The minimum absolute atomic E-state index is 0.0222. The van der Waals surface area contributed by atoms with Crippen molar-refractivity contribution in [1.29, 1.82) is 0 Å². The molecule has 0 fully saturated rings. The number of carbonyl (C=O) groups is 2. The van der Waals surface area contributed by atoms with E-state index in [4.69, 9.17) is 7.85 Å². The molecule has 1 aromatic rings. The molecule has 0 aromatic heterocycles. The van der Waals surface area contributed by atoms with Crippen molar-refractivity contribution < 1.29 is 14.7 Å². The number of amides is 2. The van der Waals surface area contributed by atoms with Crippen LogP contribution in [0.15, 0.2) is 6.07 Å². The highest BCUT2D eigenvalue weighted by atomic mass is 16.3. The van der Waals surface area contributed by atoms with E-state index >= 15 is 0 Å². The average Bonchev–Trinajstić information content (AvgIpc) is 2.20. The van der Waals surface area contributed by atoms with Crippen LogP contribution in [0.4, 0.5) is 0 Å². The molecule has 0 heterocycles. The molecule has 0 bridgehead atoms. The summed E-state index contributed by atoms with van der Waals surface area (Å²) in [5.74, 6) is -0.601. The van der Waals surface area contributed by atoms with Gasteiger partial charge in [0.25, 0.3) is 5.91 Å². The van der Waals surface area contributed by atoms with Gasteiger partial charge < -0.3 is 5.11 Å². The van der Waals surface area contributed by atoms with Crippen molar-refractivity contribution in [1.82, 2.24) is 5.32 Å². The molecule has 0 saturated heterocycles. The van der Waals surface area contributed by atoms with Gasteiger partial charge in [-0.15, -0.1) is 0 Å². The zero-order chi connectivity index (χ0) is 11.6. The Morgan fingerprint density at radius 2 is 2.07 bits per heavy atom. The second-order valence-corrected chi connectivity index (χ2v) is 3.20. The summed E-state index contributed by atoms with van der Waals surface area (Å²) in [4.78, 5) is 21.5. The molecule has 2 N–H and O–H groups in total. The van der Waals surface area contributed by atoms with E-state index in [0.29, 0.717) is 16.6 Å². The second-order valence-electron chi connectivity index (χ2n) is 3.20. The van der Waals surface area contributed by atoms with Crippen LogP contribution in [0, 0.1) is 13.8 Å². The quantitative estimate of drug-likeness (QED) is 0.511. The average molecular weight is 203 g/mol. The predicted octanol–water partition coefficient (Wildman–Crippen LogP) is -0.311. The van der Waals surface area contributed by atoms with Gasteiger partial charge in [-0.2, -0.15) is 0 Å². The lowest BCUT2D eigenvalue weighted by Gasteiger charge is -2.11. The molecule has 0 aliphatic carbocycles. The summed E-state index contributed by atoms with van der Waals surface area (Å²) in [5, 5.41) is 11.6. The maximum Gasteiger partial charge on any atom is 0.258 e. The number of hydrogen-bond acceptors (Lipinski definition) is 3. The largest absolute Gasteiger partial charge is 0.507 e. The van der Waals surface area contributed by atoms with Crippen LogP contribution in [0.2, 0.25) is 0 Å². The lowest BCUT2D eigenvalue weighted by molar-refractivity contribution is -0.108. The molecule has 0 aliphatic heterocycles. The van der Waals surface area contributed by atoms with E-state index in [0.717, 1.165) is 0 Å². The highest BCUT2D eigenvalue weighted by molar-refractivity contribution is 6.34. The number of aromatic hydroxyl groups is 1. The molecule has 0 aliphatic rings. The van der Waals surface area contributed by atoms with E-state index < -0.39 is 5.91 Å². The summed E-state index contributed by atoms with van der Waals surface area (Å²) < 4.78 is 0. The Morgan fingerprint density at radius 3 is 2.60 bits per heavy atom. The normalized spacial score (nSPS) is 9.73. The monoisotopic (exact) mass is 203 g/mol. The van der Waals surface area contributed by atoms with Gasteiger partial charge in [-0.3, -0.25) is 14.9 Å². The lowest BCUT2D eigenvalue weighted by Crippen LogP contribution is -2.24. The lowest BCUT2D eigenvalue weighted by atomic mass is 9.86. The summed E-state index contributed by atoms with van der Waals surface area (Å²) in [5.41, 5.74) is 1.44. The second kappa shape index (κ2) is 4.17. The first-order valence-electron chi connectivity index (χ1n) is 4.32. The molecule has 76 valence electrons. The van der Waals surface area contributed by atoms with Gasteiger partial charge in [-0.25, -0.2) is 0 Å². The van der Waals surface area contributed by atoms with Crippen LogP contribution in [-0.4, -0.2) is 25.3 Å². The van der Waals surface area contributed by atoms with Gasteiger partial charge in [0.05, 0.1) is 0 Å². The van der Waals surface area contributed by atoms with E-state index in [1.54, 1.807) is 13.8 Å². The Kier molecular flexibility index (Phi) is 3.14. The first-order chi connectivity index (χ1) is 6.99. The van der Waals surface area contributed by atoms with Gasteiger partial charge in [0.2, 0.25) is 6.41 Å². The third-order valence-corrected chi connectivity index (χ3v) is 2.28. The number of hydrogen-bond donors (Lipinski definition) is 2. The molecule has 4 nitrogen and oxygen atoms in total. The molecule has 0 saturated carbocycles. The molecule has 0 atom stereocenters. The summed E-state index contributed by atoms with van der Waals surface area (Å²) in [6.45, 7) is 3.24. The summed E-state index contributed by atoms with van der Waals surface area (Å²) >= 11 is 0. The summed E-state index contributed by atoms with van der Waals surface area (Å²) in [6.07, 6.45) is 0.287. The highest BCUT2D eigenvalue weighted by Crippen LogP contribution is 2.22. The molecule has 0 spiro atoms. The first kappa shape index (κ1) is 11.3. The maximum absolute atomic E-state index is 11.4. The van der Waals surface area contributed by atoms with E-state index in [-0.39, 0.29) is 17.7 Å². The fraction of sp³-hybridized carbons (Fsp3) is 0.200. The fourth-order valence-electron chi connectivity index (χ4n) is 1.28. The van der Waals surface area contributed by atoms with Gasteiger partial charge in [0.15, 0.2) is 0 Å². The topological polar surface area (TPSA) is 66.4 Å². The number of phenolic OH excluding ortho intramolecular Hbond substituents is 1. The van der Waals surface area contributed by atoms with E-state index in [1.165, 1.54) is 6.07 Å². The standard InChI is InChI=1S/C10H10BNO3/c1-5-7(10(15)12-4-13)3-8(11)6(2)9(5)14/h3-4,14H,1-2H3,(H,12,13,15). The number of benzene rings is 1. The number of nitrogens with one attached hydrogen (secondary N) is 1. The van der Waals surface area contributed by atoms with Gasteiger partial charge in [-0.05, 0) is 19.4 Å². The van der Waals surface area contributed by atoms with Gasteiger partial charge >= 0.3 is 0 Å². The molecule has 1 rings (SSSR count). The Labute approximate surface area is 88.7 Å². The van der Waals surface area contributed by atoms with E-state index in [2.05, 4.69) is 0 Å². The Balaban J connectivity index is 3.31. The zero-order valence-corrected chi connectivity index (χ0v) is 8.50. The van der Waals surface area contributed by atoms with Crippen LogP contribution in [0.1, 0.15) is 21.5 Å². The van der Waals surface area contributed by atoms with Crippen molar-refractivity contribution in [2.45, 2.75) is 13.8 Å². The predicted molar refractivity (Wildman–Crippen MR) is 56.5 cm³/mol. The minimum atomic E-state index is -0.579. The van der Waals surface area contributed by atoms with Crippen molar-refractivity contribution >= 4 is 25.6 Å². The van der Waals surface area contributed by atoms with E-state index in [1.807, 2.05) is 5.32 Å². The van der Waals surface area contributed by atoms with Gasteiger partial charge in [-0.1, -0.05) is 11.5 Å². The van der Waals surface area contributed by atoms with Crippen molar-refractivity contribution in [3.8, 4) is 5.75 Å². The Morgan fingerprint density at radius 1 is 1.47 bits per heavy atom. The molecule has 2 amide bonds. The fourth-order valence-corrected chi connectivity index (χ4v) is 1.28. The van der Waals surface area contributed by atoms with Crippen molar-refractivity contribution in [2.75, 3.05) is 0 Å². The van der Waals surface area contributed by atoms with Crippen LogP contribution in [-0.2, 0) is 4.79 Å². The molecule has 0 unspecified atom stereocenters. The summed E-state index contributed by atoms with van der Waals surface area (Å²) in [7, 11) is 5.60. The molecule has 15 heavy (non-hydrogen) atoms. The third kappa shape index (κ3) is 2.01. The van der Waals surface area contributed by atoms with Crippen LogP contribution < -0.4 is 10.8 Å².